The molecule has 4 N–H and O–H groups in total. The van der Waals surface area contributed by atoms with Gasteiger partial charge in [-0.3, -0.25) is 9.59 Å². The summed E-state index contributed by atoms with van der Waals surface area (Å²) in [6, 6.07) is 1.50. The Morgan fingerprint density at radius 2 is 2.10 bits per heavy atom. The van der Waals surface area contributed by atoms with Crippen molar-refractivity contribution in [2.45, 2.75) is 25.3 Å². The maximum atomic E-state index is 12.4. The lowest BCUT2D eigenvalue weighted by atomic mass is 10.1. The first-order valence-electron chi connectivity index (χ1n) is 6.46. The lowest BCUT2D eigenvalue weighted by molar-refractivity contribution is -0.117. The van der Waals surface area contributed by atoms with Crippen LogP contribution in [0.4, 0.5) is 0 Å². The first-order chi connectivity index (χ1) is 9.90. The molecule has 1 aliphatic rings. The molecule has 1 heterocycles. The van der Waals surface area contributed by atoms with E-state index in [1.54, 1.807) is 10.8 Å². The van der Waals surface area contributed by atoms with Crippen molar-refractivity contribution in [2.75, 3.05) is 0 Å². The summed E-state index contributed by atoms with van der Waals surface area (Å²) in [4.78, 5) is 23.6. The van der Waals surface area contributed by atoms with Gasteiger partial charge in [0.25, 0.3) is 0 Å². The highest BCUT2D eigenvalue weighted by atomic mass is 35.5. The minimum absolute atomic E-state index is 0.0950. The Kier molecular flexibility index (Phi) is 3.06. The van der Waals surface area contributed by atoms with Crippen molar-refractivity contribution in [1.29, 1.82) is 0 Å². The zero-order valence-electron chi connectivity index (χ0n) is 11.0. The largest absolute Gasteiger partial charge is 0.504 e. The molecule has 6 nitrogen and oxygen atoms in total. The third kappa shape index (κ3) is 2.21. The van der Waals surface area contributed by atoms with Crippen LogP contribution in [0.2, 0.25) is 5.02 Å². The molecular formula is C14H13ClN2O4. The van der Waals surface area contributed by atoms with Crippen molar-refractivity contribution in [3.05, 3.63) is 33.1 Å². The van der Waals surface area contributed by atoms with Gasteiger partial charge in [0, 0.05) is 23.9 Å². The molecule has 0 saturated heterocycles. The second-order valence-electron chi connectivity index (χ2n) is 5.22. The quantitative estimate of drug-likeness (QED) is 0.746. The maximum Gasteiger partial charge on any atom is 0.222 e. The smallest absolute Gasteiger partial charge is 0.222 e. The molecule has 110 valence electrons. The van der Waals surface area contributed by atoms with Gasteiger partial charge in [-0.2, -0.15) is 0 Å². The molecule has 1 saturated carbocycles. The van der Waals surface area contributed by atoms with Gasteiger partial charge < -0.3 is 20.5 Å². The van der Waals surface area contributed by atoms with Gasteiger partial charge in [-0.1, -0.05) is 11.6 Å². The number of phenolic OH excluding ortho intramolecular Hbond substituents is 2. The minimum Gasteiger partial charge on any atom is -0.504 e. The van der Waals surface area contributed by atoms with E-state index < -0.39 is 17.1 Å². The second-order valence-corrected chi connectivity index (χ2v) is 5.60. The highest BCUT2D eigenvalue weighted by Crippen LogP contribution is 2.42. The van der Waals surface area contributed by atoms with Gasteiger partial charge in [-0.25, -0.2) is 0 Å². The number of benzene rings is 1. The van der Waals surface area contributed by atoms with Gasteiger partial charge in [0.05, 0.1) is 22.3 Å². The maximum absolute atomic E-state index is 12.4. The summed E-state index contributed by atoms with van der Waals surface area (Å²) in [5.41, 5.74) is 5.38. The van der Waals surface area contributed by atoms with Gasteiger partial charge >= 0.3 is 0 Å². The van der Waals surface area contributed by atoms with E-state index in [1.165, 1.54) is 6.07 Å². The predicted octanol–water partition coefficient (Wildman–Crippen LogP) is 1.43. The number of amides is 1. The number of hydrogen-bond acceptors (Lipinski definition) is 4. The number of nitrogens with two attached hydrogens (primary N) is 1. The molecule has 0 spiro atoms. The topological polar surface area (TPSA) is 106 Å². The van der Waals surface area contributed by atoms with Gasteiger partial charge in [-0.05, 0) is 12.8 Å². The number of carbonyl (C=O) groups excluding carboxylic acids is 1. The molecule has 1 amide bonds. The summed E-state index contributed by atoms with van der Waals surface area (Å²) < 4.78 is 1.81. The summed E-state index contributed by atoms with van der Waals surface area (Å²) >= 11 is 6.00. The number of carbonyl (C=O) groups is 1. The molecule has 0 unspecified atom stereocenters. The molecule has 1 fully saturated rings. The van der Waals surface area contributed by atoms with E-state index in [2.05, 4.69) is 0 Å². The number of pyridine rings is 1. The van der Waals surface area contributed by atoms with E-state index in [4.69, 9.17) is 17.3 Å². The van der Waals surface area contributed by atoms with Crippen LogP contribution < -0.4 is 11.2 Å². The van der Waals surface area contributed by atoms with E-state index in [0.717, 1.165) is 12.8 Å². The number of fused-ring (bicyclic) bond motifs is 1. The van der Waals surface area contributed by atoms with E-state index in [9.17, 15) is 19.8 Å². The standard InChI is InChI=1S/C14H13ClN2O4/c15-12-11-8(4-9(18)14(12)21)17(7-1-2-7)5-6(13(11)20)3-10(16)19/h4-5,7,18,21H,1-3H2,(H2,16,19). The molecule has 7 heteroatoms. The minimum atomic E-state index is -0.618. The molecule has 2 aromatic rings. The van der Waals surface area contributed by atoms with Crippen LogP contribution in [0.1, 0.15) is 24.4 Å². The molecular weight excluding hydrogens is 296 g/mol. The van der Waals surface area contributed by atoms with Crippen molar-refractivity contribution >= 4 is 28.4 Å². The fraction of sp³-hybridized carbons (Fsp3) is 0.286. The van der Waals surface area contributed by atoms with Gasteiger partial charge in [-0.15, -0.1) is 0 Å². The predicted molar refractivity (Wildman–Crippen MR) is 77.7 cm³/mol. The van der Waals surface area contributed by atoms with Crippen LogP contribution in [0.3, 0.4) is 0 Å². The van der Waals surface area contributed by atoms with Gasteiger partial charge in [0.1, 0.15) is 0 Å². The van der Waals surface area contributed by atoms with Crippen LogP contribution in [0.5, 0.6) is 11.5 Å². The molecule has 0 radical (unpaired) electrons. The third-order valence-corrected chi connectivity index (χ3v) is 3.96. The van der Waals surface area contributed by atoms with Crippen molar-refractivity contribution in [3.8, 4) is 11.5 Å². The monoisotopic (exact) mass is 308 g/mol. The molecule has 0 aliphatic heterocycles. The Morgan fingerprint density at radius 3 is 2.67 bits per heavy atom. The number of rotatable bonds is 3. The van der Waals surface area contributed by atoms with E-state index >= 15 is 0 Å². The summed E-state index contributed by atoms with van der Waals surface area (Å²) in [7, 11) is 0. The van der Waals surface area contributed by atoms with Crippen molar-refractivity contribution in [3.63, 3.8) is 0 Å². The first kappa shape index (κ1) is 13.8. The van der Waals surface area contributed by atoms with E-state index in [0.29, 0.717) is 5.52 Å². The number of phenols is 2. The number of aromatic nitrogens is 1. The van der Waals surface area contributed by atoms with E-state index in [1.807, 2.05) is 0 Å². The Balaban J connectivity index is 2.41. The third-order valence-electron chi connectivity index (χ3n) is 3.60. The van der Waals surface area contributed by atoms with Crippen molar-refractivity contribution < 1.29 is 15.0 Å². The SMILES string of the molecule is NC(=O)Cc1cn(C2CC2)c2cc(O)c(O)c(Cl)c2c1=O. The first-order valence-corrected chi connectivity index (χ1v) is 6.84. The average molecular weight is 309 g/mol. The molecule has 0 bridgehead atoms. The summed E-state index contributed by atoms with van der Waals surface area (Å²) in [6.07, 6.45) is 3.26. The van der Waals surface area contributed by atoms with Crippen molar-refractivity contribution in [2.24, 2.45) is 5.73 Å². The van der Waals surface area contributed by atoms with Gasteiger partial charge in [0.2, 0.25) is 5.91 Å². The molecule has 1 aromatic carbocycles. The Labute approximate surface area is 124 Å². The van der Waals surface area contributed by atoms with Crippen LogP contribution in [0.25, 0.3) is 10.9 Å². The number of hydrogen-bond donors (Lipinski definition) is 3. The van der Waals surface area contributed by atoms with Crippen LogP contribution in [0, 0.1) is 0 Å². The van der Waals surface area contributed by atoms with Crippen LogP contribution in [-0.2, 0) is 11.2 Å². The number of halogens is 1. The van der Waals surface area contributed by atoms with Gasteiger partial charge in [0.15, 0.2) is 16.9 Å². The molecule has 3 rings (SSSR count). The summed E-state index contributed by atoms with van der Waals surface area (Å²) in [5.74, 6) is -1.54. The van der Waals surface area contributed by atoms with Crippen LogP contribution in [0.15, 0.2) is 17.1 Å². The summed E-state index contributed by atoms with van der Waals surface area (Å²) in [6.45, 7) is 0. The fourth-order valence-electron chi connectivity index (χ4n) is 2.46. The normalized spacial score (nSPS) is 14.5. The highest BCUT2D eigenvalue weighted by molar-refractivity contribution is 6.37. The lowest BCUT2D eigenvalue weighted by Crippen LogP contribution is -2.22. The highest BCUT2D eigenvalue weighted by Gasteiger charge is 2.27. The average Bonchev–Trinajstić information content (AvgIpc) is 3.23. The zero-order valence-corrected chi connectivity index (χ0v) is 11.7. The zero-order chi connectivity index (χ0) is 15.3. The Bertz CT molecular complexity index is 824. The van der Waals surface area contributed by atoms with Crippen LogP contribution >= 0.6 is 11.6 Å². The Morgan fingerprint density at radius 1 is 1.43 bits per heavy atom. The van der Waals surface area contributed by atoms with E-state index in [-0.39, 0.29) is 34.2 Å². The van der Waals surface area contributed by atoms with Crippen molar-refractivity contribution in [1.82, 2.24) is 4.57 Å². The molecule has 1 aliphatic carbocycles. The second kappa shape index (κ2) is 4.66. The Hall–Kier alpha value is -2.21. The lowest BCUT2D eigenvalue weighted by Gasteiger charge is -2.14. The molecule has 21 heavy (non-hydrogen) atoms. The number of aromatic hydroxyl groups is 2. The fourth-order valence-corrected chi connectivity index (χ4v) is 2.74. The van der Waals surface area contributed by atoms with Crippen LogP contribution in [-0.4, -0.2) is 20.7 Å². The summed E-state index contributed by atoms with van der Waals surface area (Å²) in [5, 5.41) is 19.3. The number of primary amides is 1. The number of nitrogens with zero attached hydrogens (tertiary/aromatic N) is 1. The molecule has 0 atom stereocenters. The molecule has 1 aromatic heterocycles.